The van der Waals surface area contributed by atoms with Gasteiger partial charge >= 0.3 is 5.97 Å². The van der Waals surface area contributed by atoms with Gasteiger partial charge in [0, 0.05) is 0 Å². The van der Waals surface area contributed by atoms with Crippen molar-refractivity contribution in [3.8, 4) is 0 Å². The second kappa shape index (κ2) is 4.89. The minimum Gasteiger partial charge on any atom is -0.481 e. The number of unbranched alkanes of at least 4 members (excludes halogenated alkanes) is 2. The van der Waals surface area contributed by atoms with E-state index in [1.165, 1.54) is 11.1 Å². The second-order valence-electron chi connectivity index (χ2n) is 8.30. The molecule has 114 valence electrons. The van der Waals surface area contributed by atoms with Gasteiger partial charge in [0.15, 0.2) is 0 Å². The molecule has 0 heterocycles. The van der Waals surface area contributed by atoms with Gasteiger partial charge in [-0.3, -0.25) is 4.79 Å². The highest BCUT2D eigenvalue weighted by atomic mass is 16.4. The monoisotopic (exact) mass is 278 g/mol. The lowest BCUT2D eigenvalue weighted by atomic mass is 9.69. The topological polar surface area (TPSA) is 37.3 Å². The highest BCUT2D eigenvalue weighted by molar-refractivity contribution is 5.77. The smallest absolute Gasteiger partial charge is 0.310 e. The fourth-order valence-corrected chi connectivity index (χ4v) is 4.71. The maximum absolute atomic E-state index is 11.9. The molecule has 0 atom stereocenters. The third-order valence-electron chi connectivity index (χ3n) is 5.62. The van der Waals surface area contributed by atoms with E-state index in [0.717, 1.165) is 44.9 Å². The lowest BCUT2D eigenvalue weighted by molar-refractivity contribution is -0.149. The van der Waals surface area contributed by atoms with Crippen LogP contribution in [0.2, 0.25) is 0 Å². The summed E-state index contributed by atoms with van der Waals surface area (Å²) in [7, 11) is 0. The van der Waals surface area contributed by atoms with Crippen LogP contribution in [0.4, 0.5) is 0 Å². The van der Waals surface area contributed by atoms with Crippen molar-refractivity contribution >= 4 is 5.97 Å². The minimum absolute atomic E-state index is 0.181. The van der Waals surface area contributed by atoms with Gasteiger partial charge in [0.1, 0.15) is 0 Å². The van der Waals surface area contributed by atoms with E-state index >= 15 is 0 Å². The molecule has 0 bridgehead atoms. The normalized spacial score (nSPS) is 25.9. The summed E-state index contributed by atoms with van der Waals surface area (Å²) in [5, 5.41) is 9.83. The lowest BCUT2D eigenvalue weighted by Gasteiger charge is -2.34. The number of carbonyl (C=O) groups is 1. The first kappa shape index (κ1) is 15.6. The van der Waals surface area contributed by atoms with E-state index in [2.05, 4.69) is 34.6 Å². The van der Waals surface area contributed by atoms with E-state index < -0.39 is 11.4 Å². The number of carboxylic acid groups (broad SMARTS) is 1. The van der Waals surface area contributed by atoms with Crippen LogP contribution >= 0.6 is 0 Å². The maximum Gasteiger partial charge on any atom is 0.310 e. The van der Waals surface area contributed by atoms with E-state index in [1.54, 1.807) is 0 Å². The van der Waals surface area contributed by atoms with Crippen molar-refractivity contribution in [2.45, 2.75) is 79.6 Å². The molecule has 0 aliphatic heterocycles. The number of allylic oxidation sites excluding steroid dienone is 2. The van der Waals surface area contributed by atoms with Crippen LogP contribution in [0.5, 0.6) is 0 Å². The Morgan fingerprint density at radius 1 is 1.05 bits per heavy atom. The third-order valence-corrected chi connectivity index (χ3v) is 5.62. The third kappa shape index (κ3) is 2.42. The summed E-state index contributed by atoms with van der Waals surface area (Å²) in [6, 6.07) is 0. The van der Waals surface area contributed by atoms with E-state index in [-0.39, 0.29) is 10.8 Å². The van der Waals surface area contributed by atoms with Crippen molar-refractivity contribution in [2.24, 2.45) is 16.2 Å². The molecule has 2 nitrogen and oxygen atoms in total. The molecule has 0 spiro atoms. The second-order valence-corrected chi connectivity index (χ2v) is 8.30. The van der Waals surface area contributed by atoms with Crippen LogP contribution in [-0.4, -0.2) is 11.1 Å². The summed E-state index contributed by atoms with van der Waals surface area (Å²) < 4.78 is 0. The summed E-state index contributed by atoms with van der Waals surface area (Å²) in [5.74, 6) is -0.574. The van der Waals surface area contributed by atoms with E-state index in [4.69, 9.17) is 0 Å². The molecule has 2 rings (SSSR count). The van der Waals surface area contributed by atoms with E-state index in [1.807, 2.05) is 0 Å². The van der Waals surface area contributed by atoms with Gasteiger partial charge in [0.05, 0.1) is 5.41 Å². The van der Waals surface area contributed by atoms with Crippen LogP contribution in [0.3, 0.4) is 0 Å². The van der Waals surface area contributed by atoms with Crippen molar-refractivity contribution < 1.29 is 9.90 Å². The van der Waals surface area contributed by atoms with Gasteiger partial charge in [-0.25, -0.2) is 0 Å². The van der Waals surface area contributed by atoms with E-state index in [0.29, 0.717) is 0 Å². The molecule has 2 aliphatic rings. The van der Waals surface area contributed by atoms with Crippen molar-refractivity contribution in [3.63, 3.8) is 0 Å². The predicted octanol–water partition coefficient (Wildman–Crippen LogP) is 5.18. The first-order chi connectivity index (χ1) is 9.15. The predicted molar refractivity (Wildman–Crippen MR) is 82.6 cm³/mol. The van der Waals surface area contributed by atoms with Crippen LogP contribution in [0.1, 0.15) is 79.6 Å². The summed E-state index contributed by atoms with van der Waals surface area (Å²) in [6.45, 7) is 11.3. The largest absolute Gasteiger partial charge is 0.481 e. The standard InChI is InChI=1S/C18H30O2/c1-6-7-8-9-18(15(19)20)10-13-14(11-18)17(4,5)12-16(13,2)3/h6-12H2,1-5H3,(H,19,20). The fraction of sp³-hybridized carbons (Fsp3) is 0.833. The number of aliphatic carboxylic acids is 1. The van der Waals surface area contributed by atoms with Crippen molar-refractivity contribution in [1.29, 1.82) is 0 Å². The Hall–Kier alpha value is -0.790. The minimum atomic E-state index is -0.574. The lowest BCUT2D eigenvalue weighted by Crippen LogP contribution is -2.32. The molecule has 2 heteroatoms. The van der Waals surface area contributed by atoms with Crippen LogP contribution in [-0.2, 0) is 4.79 Å². The van der Waals surface area contributed by atoms with Crippen LogP contribution < -0.4 is 0 Å². The molecular formula is C18H30O2. The number of hydrogen-bond donors (Lipinski definition) is 1. The van der Waals surface area contributed by atoms with Gasteiger partial charge in [-0.2, -0.15) is 0 Å². The molecule has 0 unspecified atom stereocenters. The average molecular weight is 278 g/mol. The first-order valence-electron chi connectivity index (χ1n) is 8.11. The molecule has 1 N–H and O–H groups in total. The van der Waals surface area contributed by atoms with Crippen LogP contribution in [0, 0.1) is 16.2 Å². The zero-order chi connectivity index (χ0) is 15.2. The number of hydrogen-bond acceptors (Lipinski definition) is 1. The Kier molecular flexibility index (Phi) is 3.81. The molecule has 0 aromatic carbocycles. The Morgan fingerprint density at radius 2 is 1.55 bits per heavy atom. The average Bonchev–Trinajstić information content (AvgIpc) is 2.77. The van der Waals surface area contributed by atoms with Crippen LogP contribution in [0.25, 0.3) is 0 Å². The molecule has 0 aromatic heterocycles. The molecule has 0 aromatic rings. The van der Waals surface area contributed by atoms with Gasteiger partial charge < -0.3 is 5.11 Å². The number of rotatable bonds is 5. The van der Waals surface area contributed by atoms with Gasteiger partial charge in [0.25, 0.3) is 0 Å². The van der Waals surface area contributed by atoms with E-state index in [9.17, 15) is 9.90 Å². The summed E-state index contributed by atoms with van der Waals surface area (Å²) in [6.07, 6.45) is 6.93. The summed E-state index contributed by atoms with van der Waals surface area (Å²) in [4.78, 5) is 11.9. The fourth-order valence-electron chi connectivity index (χ4n) is 4.71. The molecule has 0 fully saturated rings. The van der Waals surface area contributed by atoms with Crippen molar-refractivity contribution in [2.75, 3.05) is 0 Å². The molecule has 20 heavy (non-hydrogen) atoms. The molecule has 0 saturated carbocycles. The molecule has 0 amide bonds. The Balaban J connectivity index is 2.25. The summed E-state index contributed by atoms with van der Waals surface area (Å²) in [5.41, 5.74) is 2.78. The SMILES string of the molecule is CCCCCC1(C(=O)O)CC2=C(C1)C(C)(C)CC2(C)C. The first-order valence-corrected chi connectivity index (χ1v) is 8.11. The van der Waals surface area contributed by atoms with Gasteiger partial charge in [-0.05, 0) is 36.5 Å². The highest BCUT2D eigenvalue weighted by Crippen LogP contribution is 2.63. The maximum atomic E-state index is 11.9. The van der Waals surface area contributed by atoms with Gasteiger partial charge in [-0.1, -0.05) is 65.0 Å². The molecular weight excluding hydrogens is 248 g/mol. The van der Waals surface area contributed by atoms with Crippen LogP contribution in [0.15, 0.2) is 11.1 Å². The Labute approximate surface area is 123 Å². The molecule has 2 aliphatic carbocycles. The molecule has 0 saturated heterocycles. The zero-order valence-corrected chi connectivity index (χ0v) is 13.8. The van der Waals surface area contributed by atoms with Gasteiger partial charge in [-0.15, -0.1) is 0 Å². The molecule has 0 radical (unpaired) electrons. The van der Waals surface area contributed by atoms with Crippen molar-refractivity contribution in [3.05, 3.63) is 11.1 Å². The zero-order valence-electron chi connectivity index (χ0n) is 13.8. The number of carboxylic acids is 1. The Bertz CT molecular complexity index is 414. The van der Waals surface area contributed by atoms with Gasteiger partial charge in [0.2, 0.25) is 0 Å². The Morgan fingerprint density at radius 3 is 1.95 bits per heavy atom. The highest BCUT2D eigenvalue weighted by Gasteiger charge is 2.55. The quantitative estimate of drug-likeness (QED) is 0.555. The summed E-state index contributed by atoms with van der Waals surface area (Å²) >= 11 is 0. The van der Waals surface area contributed by atoms with Crippen molar-refractivity contribution in [1.82, 2.24) is 0 Å².